The van der Waals surface area contributed by atoms with E-state index in [0.29, 0.717) is 47.0 Å². The minimum atomic E-state index is -0.836. The molecule has 1 atom stereocenters. The lowest BCUT2D eigenvalue weighted by atomic mass is 9.93. The molecule has 1 saturated heterocycles. The van der Waals surface area contributed by atoms with Crippen LogP contribution in [0.3, 0.4) is 0 Å². The highest BCUT2D eigenvalue weighted by Gasteiger charge is 2.47. The number of ether oxygens (including phenoxy) is 3. The number of ketones is 1. The first-order chi connectivity index (χ1) is 16.8. The van der Waals surface area contributed by atoms with Gasteiger partial charge in [-0.2, -0.15) is 0 Å². The van der Waals surface area contributed by atoms with Crippen molar-refractivity contribution >= 4 is 17.4 Å². The lowest BCUT2D eigenvalue weighted by Crippen LogP contribution is -2.38. The largest absolute Gasteiger partial charge is 0.507 e. The number of carbonyl (C=O) groups is 2. The SMILES string of the molecule is CCN(CC)CCN1C(=O)C(=O)/C(=C(/O)c2ccc(OC)cc2C)C1c1cc(OC)ccc1OC. The number of amides is 1. The van der Waals surface area contributed by atoms with Gasteiger partial charge in [-0.1, -0.05) is 13.8 Å². The Morgan fingerprint density at radius 2 is 1.60 bits per heavy atom. The van der Waals surface area contributed by atoms with Gasteiger partial charge in [0.15, 0.2) is 0 Å². The van der Waals surface area contributed by atoms with Crippen LogP contribution in [0.25, 0.3) is 5.76 Å². The Labute approximate surface area is 206 Å². The molecule has 35 heavy (non-hydrogen) atoms. The molecule has 3 rings (SSSR count). The Bertz CT molecular complexity index is 1120. The van der Waals surface area contributed by atoms with E-state index in [1.807, 2.05) is 20.8 Å². The van der Waals surface area contributed by atoms with E-state index in [9.17, 15) is 14.7 Å². The van der Waals surface area contributed by atoms with Crippen molar-refractivity contribution in [3.63, 3.8) is 0 Å². The van der Waals surface area contributed by atoms with Gasteiger partial charge in [0.1, 0.15) is 23.0 Å². The van der Waals surface area contributed by atoms with Crippen molar-refractivity contribution in [2.75, 3.05) is 47.5 Å². The van der Waals surface area contributed by atoms with E-state index < -0.39 is 17.7 Å². The summed E-state index contributed by atoms with van der Waals surface area (Å²) >= 11 is 0. The summed E-state index contributed by atoms with van der Waals surface area (Å²) in [4.78, 5) is 30.3. The topological polar surface area (TPSA) is 88.5 Å². The highest BCUT2D eigenvalue weighted by atomic mass is 16.5. The molecule has 1 aliphatic rings. The van der Waals surface area contributed by atoms with Crippen molar-refractivity contribution in [3.05, 3.63) is 58.7 Å². The molecule has 1 heterocycles. The quantitative estimate of drug-likeness (QED) is 0.313. The molecule has 2 aromatic rings. The van der Waals surface area contributed by atoms with Crippen LogP contribution in [0.2, 0.25) is 0 Å². The van der Waals surface area contributed by atoms with Gasteiger partial charge in [-0.15, -0.1) is 0 Å². The first kappa shape index (κ1) is 26.1. The predicted molar refractivity (Wildman–Crippen MR) is 134 cm³/mol. The number of methoxy groups -OCH3 is 3. The fourth-order valence-corrected chi connectivity index (χ4v) is 4.45. The summed E-state index contributed by atoms with van der Waals surface area (Å²) in [5.74, 6) is 0.0546. The molecule has 1 N–H and O–H groups in total. The lowest BCUT2D eigenvalue weighted by Gasteiger charge is -2.29. The molecule has 2 aromatic carbocycles. The van der Waals surface area contributed by atoms with Crippen LogP contribution in [-0.4, -0.2) is 74.1 Å². The highest BCUT2D eigenvalue weighted by Crippen LogP contribution is 2.44. The number of aliphatic hydroxyl groups is 1. The van der Waals surface area contributed by atoms with Crippen LogP contribution >= 0.6 is 0 Å². The van der Waals surface area contributed by atoms with Gasteiger partial charge in [-0.05, 0) is 62.0 Å². The van der Waals surface area contributed by atoms with E-state index in [4.69, 9.17) is 14.2 Å². The van der Waals surface area contributed by atoms with Gasteiger partial charge in [0.25, 0.3) is 11.7 Å². The second-order valence-corrected chi connectivity index (χ2v) is 8.31. The number of likely N-dealkylation sites (tertiary alicyclic amines) is 1. The van der Waals surface area contributed by atoms with Gasteiger partial charge in [0.05, 0.1) is 32.9 Å². The van der Waals surface area contributed by atoms with Crippen LogP contribution in [0, 0.1) is 6.92 Å². The van der Waals surface area contributed by atoms with Gasteiger partial charge >= 0.3 is 0 Å². The number of Topliss-reactive ketones (excluding diaryl/α,β-unsaturated/α-hetero) is 1. The molecular weight excluding hydrogens is 448 g/mol. The van der Waals surface area contributed by atoms with E-state index in [2.05, 4.69) is 4.90 Å². The van der Waals surface area contributed by atoms with Crippen LogP contribution < -0.4 is 14.2 Å². The van der Waals surface area contributed by atoms with E-state index in [1.165, 1.54) is 12.0 Å². The van der Waals surface area contributed by atoms with Crippen molar-refractivity contribution in [1.82, 2.24) is 9.80 Å². The van der Waals surface area contributed by atoms with Crippen molar-refractivity contribution in [2.45, 2.75) is 26.8 Å². The van der Waals surface area contributed by atoms with Crippen molar-refractivity contribution in [2.24, 2.45) is 0 Å². The normalized spacial score (nSPS) is 17.2. The van der Waals surface area contributed by atoms with Crippen LogP contribution in [0.1, 0.15) is 36.6 Å². The standard InChI is InChI=1S/C27H34N2O6/c1-7-28(8-2)13-14-29-24(21-16-19(34-5)10-12-22(21)35-6)23(26(31)27(29)32)25(30)20-11-9-18(33-4)15-17(20)3/h9-12,15-16,24,30H,7-8,13-14H2,1-6H3/b25-23+. The summed E-state index contributed by atoms with van der Waals surface area (Å²) in [5.41, 5.74) is 1.76. The molecule has 188 valence electrons. The molecule has 0 spiro atoms. The Balaban J connectivity index is 2.22. The maximum Gasteiger partial charge on any atom is 0.295 e. The monoisotopic (exact) mass is 482 g/mol. The van der Waals surface area contributed by atoms with Crippen molar-refractivity contribution in [1.29, 1.82) is 0 Å². The van der Waals surface area contributed by atoms with Gasteiger partial charge in [0.2, 0.25) is 0 Å². The first-order valence-corrected chi connectivity index (χ1v) is 11.7. The number of carbonyl (C=O) groups excluding carboxylic acids is 2. The van der Waals surface area contributed by atoms with E-state index >= 15 is 0 Å². The molecule has 1 fully saturated rings. The fourth-order valence-electron chi connectivity index (χ4n) is 4.45. The van der Waals surface area contributed by atoms with E-state index in [1.54, 1.807) is 50.6 Å². The van der Waals surface area contributed by atoms with E-state index in [0.717, 1.165) is 13.1 Å². The zero-order valence-corrected chi connectivity index (χ0v) is 21.3. The third kappa shape index (κ3) is 5.12. The minimum absolute atomic E-state index is 0.0226. The molecule has 0 bridgehead atoms. The summed E-state index contributed by atoms with van der Waals surface area (Å²) in [5, 5.41) is 11.4. The van der Waals surface area contributed by atoms with Gasteiger partial charge in [0, 0.05) is 24.2 Å². The minimum Gasteiger partial charge on any atom is -0.507 e. The molecule has 0 radical (unpaired) electrons. The number of rotatable bonds is 10. The second-order valence-electron chi connectivity index (χ2n) is 8.31. The predicted octanol–water partition coefficient (Wildman–Crippen LogP) is 3.78. The van der Waals surface area contributed by atoms with Crippen LogP contribution in [-0.2, 0) is 9.59 Å². The number of likely N-dealkylation sites (N-methyl/N-ethyl adjacent to an activating group) is 1. The van der Waals surface area contributed by atoms with Crippen molar-refractivity contribution < 1.29 is 28.9 Å². The zero-order chi connectivity index (χ0) is 25.7. The number of hydrogen-bond acceptors (Lipinski definition) is 7. The van der Waals surface area contributed by atoms with Gasteiger partial charge in [-0.25, -0.2) is 0 Å². The van der Waals surface area contributed by atoms with Crippen LogP contribution in [0.15, 0.2) is 42.0 Å². The third-order valence-electron chi connectivity index (χ3n) is 6.51. The molecule has 8 nitrogen and oxygen atoms in total. The summed E-state index contributed by atoms with van der Waals surface area (Å²) in [6.45, 7) is 8.45. The molecular formula is C27H34N2O6. The zero-order valence-electron chi connectivity index (χ0n) is 21.3. The highest BCUT2D eigenvalue weighted by molar-refractivity contribution is 6.46. The van der Waals surface area contributed by atoms with Gasteiger partial charge < -0.3 is 29.1 Å². The van der Waals surface area contributed by atoms with Crippen LogP contribution in [0.4, 0.5) is 0 Å². The first-order valence-electron chi connectivity index (χ1n) is 11.7. The number of nitrogens with zero attached hydrogens (tertiary/aromatic N) is 2. The summed E-state index contributed by atoms with van der Waals surface area (Å²) in [6, 6.07) is 9.56. The Hall–Kier alpha value is -3.52. The molecule has 0 aromatic heterocycles. The summed E-state index contributed by atoms with van der Waals surface area (Å²) < 4.78 is 16.3. The Morgan fingerprint density at radius 3 is 2.17 bits per heavy atom. The molecule has 1 unspecified atom stereocenters. The number of benzene rings is 2. The molecule has 1 amide bonds. The number of hydrogen-bond donors (Lipinski definition) is 1. The molecule has 1 aliphatic heterocycles. The maximum absolute atomic E-state index is 13.4. The van der Waals surface area contributed by atoms with Gasteiger partial charge in [-0.3, -0.25) is 9.59 Å². The molecule has 0 aliphatic carbocycles. The smallest absolute Gasteiger partial charge is 0.295 e. The summed E-state index contributed by atoms with van der Waals surface area (Å²) in [6.07, 6.45) is 0. The maximum atomic E-state index is 13.4. The number of aryl methyl sites for hydroxylation is 1. The molecule has 8 heteroatoms. The average Bonchev–Trinajstić information content (AvgIpc) is 3.13. The molecule has 0 saturated carbocycles. The average molecular weight is 483 g/mol. The summed E-state index contributed by atoms with van der Waals surface area (Å²) in [7, 11) is 4.63. The number of aliphatic hydroxyl groups excluding tert-OH is 1. The third-order valence-corrected chi connectivity index (χ3v) is 6.51. The Morgan fingerprint density at radius 1 is 0.971 bits per heavy atom. The van der Waals surface area contributed by atoms with Crippen molar-refractivity contribution in [3.8, 4) is 17.2 Å². The fraction of sp³-hybridized carbons (Fsp3) is 0.407. The second kappa shape index (κ2) is 11.3. The van der Waals surface area contributed by atoms with Crippen LogP contribution in [0.5, 0.6) is 17.2 Å². The Kier molecular flexibility index (Phi) is 8.40. The van der Waals surface area contributed by atoms with E-state index in [-0.39, 0.29) is 11.3 Å². The lowest BCUT2D eigenvalue weighted by molar-refractivity contribution is -0.140.